The number of fused-ring (bicyclic) bond motifs is 1. The Hall–Kier alpha value is -2.42. The molecule has 0 N–H and O–H groups in total. The van der Waals surface area contributed by atoms with Crippen LogP contribution in [0.4, 0.5) is 0 Å². The van der Waals surface area contributed by atoms with E-state index in [1.54, 1.807) is 11.6 Å². The van der Waals surface area contributed by atoms with Gasteiger partial charge in [0.15, 0.2) is 17.0 Å². The fraction of sp³-hybridized carbons (Fsp3) is 0.364. The SMILES string of the molecule is Cn1c(=O)c2c(ncn2Cc2noc(CCl)n2)n(C)c1=O. The van der Waals surface area contributed by atoms with Crippen LogP contribution in [-0.4, -0.2) is 28.8 Å². The number of hydrogen-bond acceptors (Lipinski definition) is 6. The van der Waals surface area contributed by atoms with Crippen LogP contribution in [0.3, 0.4) is 0 Å². The largest absolute Gasteiger partial charge is 0.338 e. The molecule has 0 aromatic carbocycles. The first-order valence-electron chi connectivity index (χ1n) is 6.01. The first kappa shape index (κ1) is 13.6. The Kier molecular flexibility index (Phi) is 3.13. The molecule has 0 aliphatic carbocycles. The predicted molar refractivity (Wildman–Crippen MR) is 73.2 cm³/mol. The minimum atomic E-state index is -0.429. The zero-order chi connectivity index (χ0) is 15.1. The van der Waals surface area contributed by atoms with E-state index in [1.165, 1.54) is 17.9 Å². The Morgan fingerprint density at radius 2 is 2.05 bits per heavy atom. The van der Waals surface area contributed by atoms with Gasteiger partial charge in [-0.1, -0.05) is 5.16 Å². The van der Waals surface area contributed by atoms with Crippen LogP contribution < -0.4 is 11.2 Å². The second kappa shape index (κ2) is 4.85. The fourth-order valence-electron chi connectivity index (χ4n) is 2.08. The molecule has 0 unspecified atom stereocenters. The van der Waals surface area contributed by atoms with Gasteiger partial charge in [-0.25, -0.2) is 9.78 Å². The summed E-state index contributed by atoms with van der Waals surface area (Å²) in [5.74, 6) is 0.797. The molecule has 3 aromatic rings. The molecular weight excluding hydrogens is 300 g/mol. The van der Waals surface area contributed by atoms with Gasteiger partial charge >= 0.3 is 5.69 Å². The van der Waals surface area contributed by atoms with E-state index in [0.717, 1.165) is 4.57 Å². The van der Waals surface area contributed by atoms with Crippen LogP contribution in [0.25, 0.3) is 11.2 Å². The van der Waals surface area contributed by atoms with Crippen LogP contribution in [0.1, 0.15) is 11.7 Å². The van der Waals surface area contributed by atoms with Crippen molar-refractivity contribution in [2.24, 2.45) is 14.1 Å². The standard InChI is InChI=1S/C11H11ClN6O3/c1-16-9-8(10(19)17(2)11(16)20)18(5-13-9)4-6-14-7(3-12)21-15-6/h5H,3-4H2,1-2H3. The lowest BCUT2D eigenvalue weighted by atomic mass is 10.4. The minimum absolute atomic E-state index is 0.119. The third-order valence-corrected chi connectivity index (χ3v) is 3.38. The second-order valence-electron chi connectivity index (χ2n) is 4.49. The molecule has 0 aliphatic heterocycles. The normalized spacial score (nSPS) is 11.4. The van der Waals surface area contributed by atoms with Gasteiger partial charge in [0, 0.05) is 14.1 Å². The summed E-state index contributed by atoms with van der Waals surface area (Å²) in [5, 5.41) is 3.76. The summed E-state index contributed by atoms with van der Waals surface area (Å²) >= 11 is 5.59. The third-order valence-electron chi connectivity index (χ3n) is 3.15. The molecule has 3 heterocycles. The van der Waals surface area contributed by atoms with Crippen molar-refractivity contribution < 1.29 is 4.52 Å². The number of aryl methyl sites for hydroxylation is 1. The molecule has 0 atom stereocenters. The van der Waals surface area contributed by atoms with E-state index in [2.05, 4.69) is 15.1 Å². The molecule has 0 radical (unpaired) electrons. The monoisotopic (exact) mass is 310 g/mol. The molecule has 0 saturated heterocycles. The van der Waals surface area contributed by atoms with Gasteiger partial charge in [0.25, 0.3) is 5.56 Å². The highest BCUT2D eigenvalue weighted by Gasteiger charge is 2.15. The average Bonchev–Trinajstić information content (AvgIpc) is 3.10. The highest BCUT2D eigenvalue weighted by molar-refractivity contribution is 6.16. The van der Waals surface area contributed by atoms with Gasteiger partial charge < -0.3 is 9.09 Å². The topological polar surface area (TPSA) is 101 Å². The van der Waals surface area contributed by atoms with E-state index in [0.29, 0.717) is 22.9 Å². The fourth-order valence-corrected chi connectivity index (χ4v) is 2.19. The van der Waals surface area contributed by atoms with Crippen molar-refractivity contribution in [1.29, 1.82) is 0 Å². The van der Waals surface area contributed by atoms with Crippen molar-refractivity contribution >= 4 is 22.8 Å². The van der Waals surface area contributed by atoms with E-state index in [1.807, 2.05) is 0 Å². The molecule has 0 spiro atoms. The first-order chi connectivity index (χ1) is 10.0. The van der Waals surface area contributed by atoms with Crippen molar-refractivity contribution in [1.82, 2.24) is 28.8 Å². The Bertz CT molecular complexity index is 934. The maximum atomic E-state index is 12.2. The summed E-state index contributed by atoms with van der Waals surface area (Å²) in [4.78, 5) is 32.2. The Labute approximate surface area is 122 Å². The van der Waals surface area contributed by atoms with E-state index >= 15 is 0 Å². The summed E-state index contributed by atoms with van der Waals surface area (Å²) in [6.45, 7) is 0.199. The van der Waals surface area contributed by atoms with Crippen molar-refractivity contribution in [3.05, 3.63) is 38.9 Å². The van der Waals surface area contributed by atoms with Gasteiger partial charge in [0.05, 0.1) is 12.9 Å². The Balaban J connectivity index is 2.16. The number of nitrogens with zero attached hydrogens (tertiary/aromatic N) is 6. The molecule has 0 saturated carbocycles. The van der Waals surface area contributed by atoms with E-state index < -0.39 is 11.2 Å². The molecule has 0 fully saturated rings. The number of imidazole rings is 1. The number of hydrogen-bond donors (Lipinski definition) is 0. The summed E-state index contributed by atoms with van der Waals surface area (Å²) in [6.07, 6.45) is 1.46. The van der Waals surface area contributed by atoms with Crippen LogP contribution in [0, 0.1) is 0 Å². The van der Waals surface area contributed by atoms with Gasteiger partial charge in [-0.15, -0.1) is 11.6 Å². The summed E-state index contributed by atoms with van der Waals surface area (Å²) in [7, 11) is 2.97. The maximum absolute atomic E-state index is 12.2. The van der Waals surface area contributed by atoms with Crippen LogP contribution in [-0.2, 0) is 26.5 Å². The lowest BCUT2D eigenvalue weighted by Gasteiger charge is -2.04. The number of rotatable bonds is 3. The van der Waals surface area contributed by atoms with Gasteiger partial charge in [-0.2, -0.15) is 4.98 Å². The molecule has 0 amide bonds. The molecular formula is C11H11ClN6O3. The Morgan fingerprint density at radius 3 is 2.71 bits per heavy atom. The van der Waals surface area contributed by atoms with Crippen LogP contribution in [0.5, 0.6) is 0 Å². The van der Waals surface area contributed by atoms with Crippen molar-refractivity contribution in [3.8, 4) is 0 Å². The summed E-state index contributed by atoms with van der Waals surface area (Å²) in [6, 6.07) is 0. The van der Waals surface area contributed by atoms with Crippen LogP contribution in [0.15, 0.2) is 20.4 Å². The minimum Gasteiger partial charge on any atom is -0.338 e. The lowest BCUT2D eigenvalue weighted by Crippen LogP contribution is -2.37. The molecule has 3 aromatic heterocycles. The van der Waals surface area contributed by atoms with Crippen LogP contribution in [0.2, 0.25) is 0 Å². The number of aromatic nitrogens is 6. The Morgan fingerprint density at radius 1 is 1.29 bits per heavy atom. The van der Waals surface area contributed by atoms with Gasteiger partial charge in [-0.05, 0) is 0 Å². The number of halogens is 1. The highest BCUT2D eigenvalue weighted by atomic mass is 35.5. The molecule has 0 aliphatic rings. The van der Waals surface area contributed by atoms with Gasteiger partial charge in [0.2, 0.25) is 5.89 Å². The molecule has 3 rings (SSSR count). The summed E-state index contributed by atoms with van der Waals surface area (Å²) < 4.78 is 8.82. The van der Waals surface area contributed by atoms with E-state index in [-0.39, 0.29) is 12.4 Å². The van der Waals surface area contributed by atoms with Crippen molar-refractivity contribution in [2.45, 2.75) is 12.4 Å². The lowest BCUT2D eigenvalue weighted by molar-refractivity contribution is 0.383. The predicted octanol–water partition coefficient (Wildman–Crippen LogP) is -0.396. The molecule has 110 valence electrons. The van der Waals surface area contributed by atoms with E-state index in [4.69, 9.17) is 16.1 Å². The molecule has 9 nitrogen and oxygen atoms in total. The highest BCUT2D eigenvalue weighted by Crippen LogP contribution is 2.08. The van der Waals surface area contributed by atoms with Gasteiger partial charge in [0.1, 0.15) is 5.88 Å². The third kappa shape index (κ3) is 2.05. The summed E-state index contributed by atoms with van der Waals surface area (Å²) in [5.41, 5.74) is -0.241. The second-order valence-corrected chi connectivity index (χ2v) is 4.76. The zero-order valence-electron chi connectivity index (χ0n) is 11.3. The van der Waals surface area contributed by atoms with E-state index in [9.17, 15) is 9.59 Å². The molecule has 10 heteroatoms. The average molecular weight is 311 g/mol. The van der Waals surface area contributed by atoms with Gasteiger partial charge in [-0.3, -0.25) is 13.9 Å². The zero-order valence-corrected chi connectivity index (χ0v) is 12.0. The van der Waals surface area contributed by atoms with Crippen molar-refractivity contribution in [3.63, 3.8) is 0 Å². The maximum Gasteiger partial charge on any atom is 0.332 e. The quantitative estimate of drug-likeness (QED) is 0.610. The number of alkyl halides is 1. The first-order valence-corrected chi connectivity index (χ1v) is 6.54. The molecule has 0 bridgehead atoms. The van der Waals surface area contributed by atoms with Crippen molar-refractivity contribution in [2.75, 3.05) is 0 Å². The van der Waals surface area contributed by atoms with Crippen LogP contribution >= 0.6 is 11.6 Å². The molecule has 21 heavy (non-hydrogen) atoms. The smallest absolute Gasteiger partial charge is 0.332 e.